The van der Waals surface area contributed by atoms with Crippen LogP contribution in [0.25, 0.3) is 10.8 Å². The fraction of sp³-hybridized carbons (Fsp3) is 0.107. The van der Waals surface area contributed by atoms with E-state index in [1.165, 1.54) is 25.1 Å². The maximum atomic E-state index is 12.3. The Morgan fingerprint density at radius 1 is 1.11 bits per heavy atom. The molecule has 180 valence electrons. The van der Waals surface area contributed by atoms with Gasteiger partial charge in [-0.2, -0.15) is 10.4 Å². The molecule has 0 heterocycles. The number of rotatable bonds is 9. The summed E-state index contributed by atoms with van der Waals surface area (Å²) in [6.07, 6.45) is 1.49. The molecule has 0 fully saturated rings. The quantitative estimate of drug-likeness (QED) is 0.163. The van der Waals surface area contributed by atoms with Crippen LogP contribution in [-0.2, 0) is 11.4 Å². The highest BCUT2D eigenvalue weighted by Crippen LogP contribution is 2.36. The number of nitrogens with one attached hydrogen (secondary N) is 1. The van der Waals surface area contributed by atoms with Gasteiger partial charge in [-0.15, -0.1) is 11.8 Å². The molecule has 0 bridgehead atoms. The van der Waals surface area contributed by atoms with Crippen molar-refractivity contribution in [2.75, 3.05) is 12.9 Å². The van der Waals surface area contributed by atoms with Crippen LogP contribution in [0.1, 0.15) is 16.7 Å². The van der Waals surface area contributed by atoms with E-state index in [0.717, 1.165) is 21.2 Å². The Morgan fingerprint density at radius 2 is 1.89 bits per heavy atom. The summed E-state index contributed by atoms with van der Waals surface area (Å²) in [6.45, 7) is 0.164. The van der Waals surface area contributed by atoms with Crippen molar-refractivity contribution in [3.63, 3.8) is 0 Å². The van der Waals surface area contributed by atoms with Crippen LogP contribution in [0, 0.1) is 11.3 Å². The van der Waals surface area contributed by atoms with Crippen molar-refractivity contribution in [1.29, 1.82) is 5.26 Å². The molecule has 0 aromatic heterocycles. The Bertz CT molecular complexity index is 1460. The topological polar surface area (TPSA) is 83.7 Å². The fourth-order valence-corrected chi connectivity index (χ4v) is 4.68. The minimum atomic E-state index is -0.224. The number of nitrogens with zero attached hydrogens (tertiary/aromatic N) is 2. The van der Waals surface area contributed by atoms with E-state index in [4.69, 9.17) is 21.1 Å². The molecule has 4 aromatic carbocycles. The maximum Gasteiger partial charge on any atom is 0.250 e. The molecule has 0 aliphatic heterocycles. The first kappa shape index (κ1) is 25.1. The van der Waals surface area contributed by atoms with Gasteiger partial charge < -0.3 is 9.47 Å². The van der Waals surface area contributed by atoms with Crippen molar-refractivity contribution in [2.24, 2.45) is 5.10 Å². The summed E-state index contributed by atoms with van der Waals surface area (Å²) in [5.41, 5.74) is 4.45. The van der Waals surface area contributed by atoms with Crippen molar-refractivity contribution < 1.29 is 14.3 Å². The Balaban J connectivity index is 1.37. The molecule has 0 saturated carbocycles. The van der Waals surface area contributed by atoms with E-state index in [2.05, 4.69) is 16.6 Å². The number of amides is 1. The van der Waals surface area contributed by atoms with Crippen LogP contribution < -0.4 is 14.9 Å². The van der Waals surface area contributed by atoms with E-state index in [-0.39, 0.29) is 18.3 Å². The summed E-state index contributed by atoms with van der Waals surface area (Å²) < 4.78 is 11.3. The Kier molecular flexibility index (Phi) is 8.45. The second-order valence-electron chi connectivity index (χ2n) is 7.65. The van der Waals surface area contributed by atoms with Gasteiger partial charge in [-0.05, 0) is 40.6 Å². The van der Waals surface area contributed by atoms with Gasteiger partial charge in [0.1, 0.15) is 6.61 Å². The molecule has 36 heavy (non-hydrogen) atoms. The molecular formula is C28H22ClN3O3S. The summed E-state index contributed by atoms with van der Waals surface area (Å²) in [5, 5.41) is 15.9. The standard InChI is InChI=1S/C28H22ClN3O3S/c1-34-25-14-19(13-24(29)28(25)35-17-22-9-3-2-8-21(22)15-30)16-31-32-27(33)18-36-26-12-6-10-20-7-4-5-11-23(20)26/h2-14,16H,17-18H2,1H3,(H,32,33)/b31-16-. The number of thioether (sulfide) groups is 1. The van der Waals surface area contributed by atoms with Crippen LogP contribution in [-0.4, -0.2) is 25.0 Å². The number of halogens is 1. The normalized spacial score (nSPS) is 10.8. The third kappa shape index (κ3) is 6.16. The van der Waals surface area contributed by atoms with Gasteiger partial charge in [-0.1, -0.05) is 66.2 Å². The first-order valence-corrected chi connectivity index (χ1v) is 12.4. The van der Waals surface area contributed by atoms with Gasteiger partial charge in [0, 0.05) is 10.5 Å². The number of fused-ring (bicyclic) bond motifs is 1. The Morgan fingerprint density at radius 3 is 2.72 bits per heavy atom. The number of carbonyl (C=O) groups excluding carboxylic acids is 1. The van der Waals surface area contributed by atoms with Gasteiger partial charge >= 0.3 is 0 Å². The number of nitriles is 1. The molecule has 4 aromatic rings. The number of ether oxygens (including phenoxy) is 2. The van der Waals surface area contributed by atoms with Gasteiger partial charge in [0.25, 0.3) is 0 Å². The smallest absolute Gasteiger partial charge is 0.250 e. The predicted molar refractivity (Wildman–Crippen MR) is 144 cm³/mol. The lowest BCUT2D eigenvalue weighted by Crippen LogP contribution is -2.19. The highest BCUT2D eigenvalue weighted by molar-refractivity contribution is 8.00. The third-order valence-corrected chi connectivity index (χ3v) is 6.63. The van der Waals surface area contributed by atoms with Crippen molar-refractivity contribution in [1.82, 2.24) is 5.43 Å². The number of methoxy groups -OCH3 is 1. The summed E-state index contributed by atoms with van der Waals surface area (Å²) in [6, 6.07) is 26.8. The van der Waals surface area contributed by atoms with E-state index in [1.54, 1.807) is 24.3 Å². The lowest BCUT2D eigenvalue weighted by atomic mass is 10.1. The molecule has 0 aliphatic rings. The van der Waals surface area contributed by atoms with Crippen LogP contribution in [0.5, 0.6) is 11.5 Å². The van der Waals surface area contributed by atoms with Crippen molar-refractivity contribution in [3.05, 3.63) is 101 Å². The number of benzene rings is 4. The molecule has 4 rings (SSSR count). The van der Waals surface area contributed by atoms with E-state index in [0.29, 0.717) is 27.6 Å². The van der Waals surface area contributed by atoms with Crippen LogP contribution >= 0.6 is 23.4 Å². The van der Waals surface area contributed by atoms with Crippen molar-refractivity contribution in [2.45, 2.75) is 11.5 Å². The van der Waals surface area contributed by atoms with Crippen LogP contribution in [0.15, 0.2) is 88.9 Å². The average molecular weight is 516 g/mol. The van der Waals surface area contributed by atoms with Crippen molar-refractivity contribution >= 4 is 46.3 Å². The molecule has 6 nitrogen and oxygen atoms in total. The van der Waals surface area contributed by atoms with Gasteiger partial charge in [0.2, 0.25) is 5.91 Å². The molecule has 0 atom stereocenters. The summed E-state index contributed by atoms with van der Waals surface area (Å²) in [4.78, 5) is 13.4. The molecule has 0 spiro atoms. The molecule has 8 heteroatoms. The monoisotopic (exact) mass is 515 g/mol. The number of hydrogen-bond donors (Lipinski definition) is 1. The minimum Gasteiger partial charge on any atom is -0.493 e. The highest BCUT2D eigenvalue weighted by Gasteiger charge is 2.13. The fourth-order valence-electron chi connectivity index (χ4n) is 3.54. The lowest BCUT2D eigenvalue weighted by Gasteiger charge is -2.14. The molecule has 1 amide bonds. The van der Waals surface area contributed by atoms with E-state index < -0.39 is 0 Å². The summed E-state index contributed by atoms with van der Waals surface area (Å²) in [7, 11) is 1.51. The second kappa shape index (κ2) is 12.1. The number of hydrazone groups is 1. The molecule has 0 saturated heterocycles. The van der Waals surface area contributed by atoms with E-state index in [9.17, 15) is 10.1 Å². The number of carbonyl (C=O) groups is 1. The van der Waals surface area contributed by atoms with Gasteiger partial charge in [0.15, 0.2) is 11.5 Å². The van der Waals surface area contributed by atoms with Gasteiger partial charge in [-0.3, -0.25) is 4.79 Å². The zero-order valence-corrected chi connectivity index (χ0v) is 21.0. The SMILES string of the molecule is COc1cc(/C=N\NC(=O)CSc2cccc3ccccc23)cc(Cl)c1OCc1ccccc1C#N. The largest absolute Gasteiger partial charge is 0.493 e. The number of hydrogen-bond acceptors (Lipinski definition) is 6. The zero-order valence-electron chi connectivity index (χ0n) is 19.4. The van der Waals surface area contributed by atoms with Gasteiger partial charge in [0.05, 0.1) is 35.7 Å². The zero-order chi connectivity index (χ0) is 25.3. The summed E-state index contributed by atoms with van der Waals surface area (Å²) >= 11 is 7.89. The van der Waals surface area contributed by atoms with Crippen LogP contribution in [0.2, 0.25) is 5.02 Å². The average Bonchev–Trinajstić information content (AvgIpc) is 2.91. The Labute approximate surface area is 218 Å². The van der Waals surface area contributed by atoms with E-state index in [1.807, 2.05) is 54.6 Å². The second-order valence-corrected chi connectivity index (χ2v) is 9.08. The lowest BCUT2D eigenvalue weighted by molar-refractivity contribution is -0.118. The summed E-state index contributed by atoms with van der Waals surface area (Å²) in [5.74, 6) is 0.779. The first-order chi connectivity index (χ1) is 17.6. The molecule has 1 N–H and O–H groups in total. The van der Waals surface area contributed by atoms with Crippen LogP contribution in [0.3, 0.4) is 0 Å². The molecule has 0 aliphatic carbocycles. The molecule has 0 radical (unpaired) electrons. The van der Waals surface area contributed by atoms with E-state index >= 15 is 0 Å². The minimum absolute atomic E-state index is 0.164. The highest BCUT2D eigenvalue weighted by atomic mass is 35.5. The van der Waals surface area contributed by atoms with Crippen molar-refractivity contribution in [3.8, 4) is 17.6 Å². The van der Waals surface area contributed by atoms with Crippen LogP contribution in [0.4, 0.5) is 0 Å². The Hall–Kier alpha value is -3.99. The molecular weight excluding hydrogens is 494 g/mol. The third-order valence-electron chi connectivity index (χ3n) is 5.27. The first-order valence-electron chi connectivity index (χ1n) is 11.0. The maximum absolute atomic E-state index is 12.3. The predicted octanol–water partition coefficient (Wildman–Crippen LogP) is 6.19. The van der Waals surface area contributed by atoms with Gasteiger partial charge in [-0.25, -0.2) is 5.43 Å². The molecule has 0 unspecified atom stereocenters.